The van der Waals surface area contributed by atoms with E-state index in [1.165, 1.54) is 25.4 Å². The predicted molar refractivity (Wildman–Crippen MR) is 89.9 cm³/mol. The molecule has 2 rings (SSSR count). The minimum absolute atomic E-state index is 0.118. The number of ether oxygens (including phenoxy) is 1. The van der Waals surface area contributed by atoms with Crippen LogP contribution >= 0.6 is 27.5 Å². The largest absolute Gasteiger partial charge is 0.417 e. The molecule has 25 heavy (non-hydrogen) atoms. The quantitative estimate of drug-likeness (QED) is 0.494. The van der Waals surface area contributed by atoms with Gasteiger partial charge in [0, 0.05) is 13.3 Å². The number of pyridine rings is 1. The van der Waals surface area contributed by atoms with Crippen molar-refractivity contribution in [2.24, 2.45) is 0 Å². The molecule has 0 spiro atoms. The van der Waals surface area contributed by atoms with Crippen molar-refractivity contribution in [3.63, 3.8) is 0 Å². The third kappa shape index (κ3) is 4.25. The maximum atomic E-state index is 13.0. The normalized spacial score (nSPS) is 12.2. The van der Waals surface area contributed by atoms with E-state index in [0.29, 0.717) is 6.07 Å². The molecule has 0 radical (unpaired) electrons. The molecule has 0 atom stereocenters. The molecular weight excluding hydrogens is 449 g/mol. The van der Waals surface area contributed by atoms with Gasteiger partial charge in [-0.1, -0.05) is 11.6 Å². The van der Waals surface area contributed by atoms with Crippen LogP contribution in [0.25, 0.3) is 0 Å². The molecule has 0 bridgehead atoms. The Morgan fingerprint density at radius 1 is 1.32 bits per heavy atom. The van der Waals surface area contributed by atoms with E-state index in [-0.39, 0.29) is 10.3 Å². The van der Waals surface area contributed by atoms with Gasteiger partial charge in [-0.05, 0) is 46.3 Å². The summed E-state index contributed by atoms with van der Waals surface area (Å²) in [7, 11) is -3.10. The zero-order valence-corrected chi connectivity index (χ0v) is 15.7. The van der Waals surface area contributed by atoms with Crippen LogP contribution in [-0.2, 0) is 20.9 Å². The van der Waals surface area contributed by atoms with E-state index < -0.39 is 38.4 Å². The van der Waals surface area contributed by atoms with Crippen molar-refractivity contribution in [2.75, 3.05) is 18.1 Å². The summed E-state index contributed by atoms with van der Waals surface area (Å²) in [5.74, 6) is 0. The van der Waals surface area contributed by atoms with Crippen molar-refractivity contribution < 1.29 is 26.3 Å². The van der Waals surface area contributed by atoms with Crippen molar-refractivity contribution >= 4 is 43.2 Å². The maximum absolute atomic E-state index is 13.0. The van der Waals surface area contributed by atoms with E-state index in [1.54, 1.807) is 0 Å². The monoisotopic (exact) mass is 458 g/mol. The second kappa shape index (κ2) is 7.48. The summed E-state index contributed by atoms with van der Waals surface area (Å²) in [6, 6.07) is 5.31. The molecule has 1 aromatic carbocycles. The number of alkyl halides is 3. The molecule has 11 heteroatoms. The van der Waals surface area contributed by atoms with Crippen molar-refractivity contribution in [1.82, 2.24) is 4.98 Å². The smallest absolute Gasteiger partial charge is 0.363 e. The number of benzene rings is 1. The molecule has 0 aliphatic carbocycles. The third-order valence-corrected chi connectivity index (χ3v) is 5.76. The highest BCUT2D eigenvalue weighted by molar-refractivity contribution is 9.10. The molecule has 0 N–H and O–H groups in total. The van der Waals surface area contributed by atoms with E-state index in [0.717, 1.165) is 16.4 Å². The first kappa shape index (κ1) is 20.0. The molecule has 0 amide bonds. The van der Waals surface area contributed by atoms with Crippen LogP contribution in [0.4, 0.5) is 18.9 Å². The topological polar surface area (TPSA) is 59.5 Å². The van der Waals surface area contributed by atoms with Crippen LogP contribution in [-0.4, -0.2) is 27.2 Å². The van der Waals surface area contributed by atoms with Crippen molar-refractivity contribution in [3.05, 3.63) is 51.7 Å². The summed E-state index contributed by atoms with van der Waals surface area (Å²) in [6.45, 7) is -0.420. The van der Waals surface area contributed by atoms with E-state index >= 15 is 0 Å². The lowest BCUT2D eigenvalue weighted by Crippen LogP contribution is -2.33. The molecule has 0 unspecified atom stereocenters. The zero-order valence-electron chi connectivity index (χ0n) is 12.6. The Hall–Kier alpha value is -1.36. The second-order valence-electron chi connectivity index (χ2n) is 4.72. The number of hydrogen-bond donors (Lipinski definition) is 0. The summed E-state index contributed by atoms with van der Waals surface area (Å²) < 4.78 is 70.6. The van der Waals surface area contributed by atoms with E-state index in [1.807, 2.05) is 0 Å². The predicted octanol–water partition coefficient (Wildman–Crippen LogP) is 4.32. The van der Waals surface area contributed by atoms with Crippen LogP contribution in [0.3, 0.4) is 0 Å². The average molecular weight is 460 g/mol. The minimum atomic E-state index is -4.79. The Balaban J connectivity index is 2.61. The van der Waals surface area contributed by atoms with E-state index in [4.69, 9.17) is 16.3 Å². The summed E-state index contributed by atoms with van der Waals surface area (Å²) >= 11 is 8.66. The molecule has 0 fully saturated rings. The summed E-state index contributed by atoms with van der Waals surface area (Å²) in [5, 5.41) is -0.590. The number of aromatic nitrogens is 1. The van der Waals surface area contributed by atoms with Gasteiger partial charge in [0.15, 0.2) is 0 Å². The highest BCUT2D eigenvalue weighted by Crippen LogP contribution is 2.37. The molecule has 2 aromatic rings. The second-order valence-corrected chi connectivity index (χ2v) is 7.74. The van der Waals surface area contributed by atoms with Crippen LogP contribution in [0.15, 0.2) is 46.0 Å². The number of rotatable bonds is 5. The fraction of sp³-hybridized carbons (Fsp3) is 0.214. The Bertz CT molecular complexity index is 878. The number of anilines is 1. The van der Waals surface area contributed by atoms with E-state index in [9.17, 15) is 21.6 Å². The van der Waals surface area contributed by atoms with Crippen LogP contribution in [0.1, 0.15) is 5.56 Å². The van der Waals surface area contributed by atoms with Crippen molar-refractivity contribution in [1.29, 1.82) is 0 Å². The summed E-state index contributed by atoms with van der Waals surface area (Å²) in [5.41, 5.74) is -1.12. The first-order valence-corrected chi connectivity index (χ1v) is 9.19. The highest BCUT2D eigenvalue weighted by atomic mass is 79.9. The average Bonchev–Trinajstić information content (AvgIpc) is 2.52. The molecule has 136 valence electrons. The van der Waals surface area contributed by atoms with Crippen LogP contribution in [0.5, 0.6) is 0 Å². The van der Waals surface area contributed by atoms with Gasteiger partial charge in [0.2, 0.25) is 0 Å². The number of halogens is 5. The van der Waals surface area contributed by atoms with Gasteiger partial charge in [-0.2, -0.15) is 13.2 Å². The standard InChI is InChI=1S/C14H11BrClF3N2O3S/c1-24-8-21(12-3-2-6-20-13(12)15)25(22,23)9-4-5-11(16)10(7-9)14(17,18)19/h2-7H,8H2,1H3. The minimum Gasteiger partial charge on any atom is -0.363 e. The van der Waals surface area contributed by atoms with Crippen LogP contribution in [0, 0.1) is 0 Å². The summed E-state index contributed by atoms with van der Waals surface area (Å²) in [4.78, 5) is 3.34. The van der Waals surface area contributed by atoms with E-state index in [2.05, 4.69) is 20.9 Å². The number of hydrogen-bond acceptors (Lipinski definition) is 4. The van der Waals surface area contributed by atoms with Gasteiger partial charge in [-0.15, -0.1) is 0 Å². The van der Waals surface area contributed by atoms with Gasteiger partial charge in [0.1, 0.15) is 11.3 Å². The Kier molecular flexibility index (Phi) is 5.97. The van der Waals surface area contributed by atoms with Gasteiger partial charge in [-0.3, -0.25) is 0 Å². The molecule has 0 saturated heterocycles. The van der Waals surface area contributed by atoms with Gasteiger partial charge in [-0.25, -0.2) is 17.7 Å². The van der Waals surface area contributed by atoms with Gasteiger partial charge in [0.05, 0.1) is 21.2 Å². The van der Waals surface area contributed by atoms with Crippen molar-refractivity contribution in [2.45, 2.75) is 11.1 Å². The van der Waals surface area contributed by atoms with Gasteiger partial charge in [0.25, 0.3) is 10.0 Å². The first-order valence-electron chi connectivity index (χ1n) is 6.58. The van der Waals surface area contributed by atoms with Crippen molar-refractivity contribution in [3.8, 4) is 0 Å². The zero-order chi connectivity index (χ0) is 18.8. The molecule has 1 aromatic heterocycles. The molecular formula is C14H11BrClF3N2O3S. The number of methoxy groups -OCH3 is 1. The van der Waals surface area contributed by atoms with Crippen LogP contribution < -0.4 is 4.31 Å². The van der Waals surface area contributed by atoms with Gasteiger partial charge < -0.3 is 4.74 Å². The molecule has 5 nitrogen and oxygen atoms in total. The molecule has 0 aliphatic heterocycles. The SMILES string of the molecule is COCN(c1cccnc1Br)S(=O)(=O)c1ccc(Cl)c(C(F)(F)F)c1. The van der Waals surface area contributed by atoms with Crippen LogP contribution in [0.2, 0.25) is 5.02 Å². The van der Waals surface area contributed by atoms with Gasteiger partial charge >= 0.3 is 6.18 Å². The fourth-order valence-electron chi connectivity index (χ4n) is 1.96. The lowest BCUT2D eigenvalue weighted by Gasteiger charge is -2.24. The number of nitrogens with zero attached hydrogens (tertiary/aromatic N) is 2. The number of sulfonamides is 1. The molecule has 0 aliphatic rings. The molecule has 0 saturated carbocycles. The Morgan fingerprint density at radius 3 is 2.56 bits per heavy atom. The fourth-order valence-corrected chi connectivity index (χ4v) is 4.18. The lowest BCUT2D eigenvalue weighted by atomic mass is 10.2. The Labute approximate surface area is 155 Å². The molecule has 1 heterocycles. The Morgan fingerprint density at radius 2 is 2.00 bits per heavy atom. The first-order chi connectivity index (χ1) is 11.6. The lowest BCUT2D eigenvalue weighted by molar-refractivity contribution is -0.137. The third-order valence-electron chi connectivity index (χ3n) is 3.09. The maximum Gasteiger partial charge on any atom is 0.417 e. The highest BCUT2D eigenvalue weighted by Gasteiger charge is 2.36. The summed E-state index contributed by atoms with van der Waals surface area (Å²) in [6.07, 6.45) is -3.36.